The van der Waals surface area contributed by atoms with Gasteiger partial charge in [-0.1, -0.05) is 100 Å². The van der Waals surface area contributed by atoms with Gasteiger partial charge in [0.05, 0.1) is 237 Å². The van der Waals surface area contributed by atoms with Crippen LogP contribution in [0.2, 0.25) is 0 Å². The van der Waals surface area contributed by atoms with Gasteiger partial charge in [-0.15, -0.1) is 0 Å². The molecule has 0 aromatic heterocycles. The summed E-state index contributed by atoms with van der Waals surface area (Å²) in [6.45, 7) is 62.8. The number of benzene rings is 3. The minimum absolute atomic E-state index is 0. The molecule has 18 bridgehead atoms. The summed E-state index contributed by atoms with van der Waals surface area (Å²) in [5.41, 5.74) is 2.01. The van der Waals surface area contributed by atoms with Crippen molar-refractivity contribution in [2.45, 2.75) is 191 Å². The highest BCUT2D eigenvalue weighted by molar-refractivity contribution is 5.94. The summed E-state index contributed by atoms with van der Waals surface area (Å²) in [6.07, 6.45) is 23.0. The highest BCUT2D eigenvalue weighted by atomic mass is 79.9. The van der Waals surface area contributed by atoms with Crippen LogP contribution in [0.25, 0.3) is 4.85 Å². The molecule has 3 amide bonds. The summed E-state index contributed by atoms with van der Waals surface area (Å²) >= 11 is 0. The van der Waals surface area contributed by atoms with Crippen LogP contribution in [0.4, 0.5) is 0 Å². The van der Waals surface area contributed by atoms with E-state index in [1.54, 1.807) is 0 Å². The van der Waals surface area contributed by atoms with Crippen LogP contribution in [-0.4, -0.2) is 424 Å². The fourth-order valence-electron chi connectivity index (χ4n) is 25.9. The summed E-state index contributed by atoms with van der Waals surface area (Å²) in [4.78, 5) is 53.9. The van der Waals surface area contributed by atoms with Crippen LogP contribution in [0, 0.1) is 47.5 Å². The van der Waals surface area contributed by atoms with Crippen molar-refractivity contribution in [3.8, 4) is 6.07 Å². The largest absolute Gasteiger partial charge is 1.00 e. The quantitative estimate of drug-likeness (QED) is 0.0721. The molecule has 0 saturated carbocycles. The predicted molar refractivity (Wildman–Crippen MR) is 512 cm³/mol. The number of rotatable bonds is 16. The second-order valence-electron chi connectivity index (χ2n) is 47.2. The van der Waals surface area contributed by atoms with Gasteiger partial charge in [-0.05, 0) is 61.3 Å². The summed E-state index contributed by atoms with van der Waals surface area (Å²) in [7, 11) is 21.0. The van der Waals surface area contributed by atoms with Crippen molar-refractivity contribution >= 4 is 23.7 Å². The molecule has 5 atom stereocenters. The number of likely N-dealkylation sites (N-methyl/N-ethyl adjacent to an activating group) is 8. The van der Waals surface area contributed by atoms with E-state index in [-0.39, 0.29) is 75.2 Å². The van der Waals surface area contributed by atoms with Crippen molar-refractivity contribution in [2.24, 2.45) is 29.6 Å². The van der Waals surface area contributed by atoms with Gasteiger partial charge in [-0.25, -0.2) is 11.4 Å². The zero-order valence-corrected chi connectivity index (χ0v) is 86.5. The molecule has 27 saturated heterocycles. The minimum Gasteiger partial charge on any atom is -1.00 e. The van der Waals surface area contributed by atoms with Crippen molar-refractivity contribution in [1.82, 2.24) is 20.9 Å². The number of piperazine rings is 9. The lowest BCUT2D eigenvalue weighted by molar-refractivity contribution is -1.08. The van der Waals surface area contributed by atoms with E-state index in [9.17, 15) is 24.3 Å². The van der Waals surface area contributed by atoms with Crippen LogP contribution in [0.15, 0.2) is 91.0 Å². The maximum atomic E-state index is 12.2. The number of halogens is 2. The second-order valence-corrected chi connectivity index (χ2v) is 47.2. The molecule has 30 rings (SSSR count). The Balaban J connectivity index is 0.000000142. The lowest BCUT2D eigenvalue weighted by Gasteiger charge is -2.54. The molecular formula is C105H180Br2N17O6+9. The van der Waals surface area contributed by atoms with Gasteiger partial charge in [0.2, 0.25) is 23.0 Å². The fourth-order valence-corrected chi connectivity index (χ4v) is 25.9. The number of unbranched alkanes of at least 4 members (excludes halogenated alkanes) is 2. The highest BCUT2D eigenvalue weighted by Gasteiger charge is 2.56. The van der Waals surface area contributed by atoms with Crippen LogP contribution in [0.1, 0.15) is 175 Å². The molecule has 5 unspecified atom stereocenters. The van der Waals surface area contributed by atoms with Gasteiger partial charge in [0, 0.05) is 120 Å². The molecule has 27 fully saturated rings. The zero-order valence-electron chi connectivity index (χ0n) is 83.4. The summed E-state index contributed by atoms with van der Waals surface area (Å²) < 4.78 is 19.2. The van der Waals surface area contributed by atoms with Crippen molar-refractivity contribution in [2.75, 3.05) is 306 Å². The first-order chi connectivity index (χ1) is 61.0. The van der Waals surface area contributed by atoms with Gasteiger partial charge in [-0.3, -0.25) is 19.3 Å². The molecule has 130 heavy (non-hydrogen) atoms. The van der Waals surface area contributed by atoms with E-state index in [2.05, 4.69) is 146 Å². The van der Waals surface area contributed by atoms with E-state index >= 15 is 0 Å². The fraction of sp³-hybridized carbons (Fsp3) is 0.771. The summed E-state index contributed by atoms with van der Waals surface area (Å²) in [5, 5.41) is 28.6. The molecule has 3 aromatic carbocycles. The van der Waals surface area contributed by atoms with E-state index in [0.29, 0.717) is 54.9 Å². The van der Waals surface area contributed by atoms with E-state index in [0.717, 1.165) is 121 Å². The van der Waals surface area contributed by atoms with Crippen LogP contribution in [-0.2, 0) is 20.9 Å². The molecule has 0 spiro atoms. The van der Waals surface area contributed by atoms with Gasteiger partial charge in [0.25, 0.3) is 5.91 Å². The van der Waals surface area contributed by atoms with Crippen molar-refractivity contribution in [3.63, 3.8) is 0 Å². The number of nitrogens with one attached hydrogen (secondary N) is 3. The molecule has 4 N–H and O–H groups in total. The number of esters is 1. The molecular weight excluding hydrogens is 1760 g/mol. The first-order valence-electron chi connectivity index (χ1n) is 51.7. The Labute approximate surface area is 808 Å². The Bertz CT molecular complexity index is 3960. The average Bonchev–Trinajstić information content (AvgIpc) is 0.762. The molecule has 726 valence electrons. The SMILES string of the molecule is CCCC(=O)NC1C[N+]2(C)CCC1CC2.CCCCC(=O)NC1C[N+]2(C)CCC1CC2.CCCC[N+]12CC[N+](C)(CC1)CC2.C[N+]12CCC(CC1)C(NC(=O)c1ccccc1)C2.C[N+]12CCC(CC1)C(O)(C#N)C2.C[N+]12CCC(CC1)C(OC(=O)c1ccccc1)C2.C[N+]12CCN(CC1)CC2.C[N+]12CC[N+](Cc3ccccc3)(CC1)CC2.[Br-].[Br-].[C-]#[N+]C12CC[N+](C)(CC1)CC2. The van der Waals surface area contributed by atoms with Crippen molar-refractivity contribution in [3.05, 3.63) is 119 Å². The predicted octanol–water partition coefficient (Wildman–Crippen LogP) is 4.13. The molecule has 27 aliphatic heterocycles. The monoisotopic (exact) mass is 1930 g/mol. The van der Waals surface area contributed by atoms with Crippen LogP contribution >= 0.6 is 0 Å². The number of nitrogens with zero attached hydrogens (tertiary/aromatic N) is 14. The number of nitriles is 1. The molecule has 27 heterocycles. The number of hydrogen-bond donors (Lipinski definition) is 4. The van der Waals surface area contributed by atoms with E-state index in [1.165, 1.54) is 309 Å². The number of carbonyl (C=O) groups is 4. The van der Waals surface area contributed by atoms with Crippen LogP contribution < -0.4 is 49.9 Å². The van der Waals surface area contributed by atoms with Crippen molar-refractivity contribution < 1.29 is 112 Å². The number of amides is 3. The number of fused-ring (bicyclic) bond motifs is 27. The van der Waals surface area contributed by atoms with E-state index in [1.807, 2.05) is 60.7 Å². The van der Waals surface area contributed by atoms with E-state index in [4.69, 9.17) is 16.6 Å². The molecule has 25 heteroatoms. The number of carbonyl (C=O) groups excluding carboxylic acids is 4. The number of piperidine rings is 18. The molecule has 27 aliphatic rings. The molecule has 0 radical (unpaired) electrons. The first kappa shape index (κ1) is 105. The van der Waals surface area contributed by atoms with Gasteiger partial charge in [0.1, 0.15) is 104 Å². The Morgan fingerprint density at radius 3 is 1.17 bits per heavy atom. The summed E-state index contributed by atoms with van der Waals surface area (Å²) in [5.74, 6) is 3.46. The number of aliphatic hydroxyl groups is 1. The van der Waals surface area contributed by atoms with E-state index < -0.39 is 5.60 Å². The standard InChI is InChI=1S/C15H20N2O.C15H20NO2.C14H22N2.C13H24N2O.C12H22N2O.C11H24N2.C9H15N2O.C9H15N2.C7H15N2.2BrH/c1-17-9-7-12(8-10-17)14(11-17)16-15(18)13-5-3-2-4-6-13;1-16-9-7-12(8-10-16)14(11-16)18-15(17)13-5-3-2-4-6-13;1-15-7-10-16(11-8-15,12-9-15)13-14-5-3-2-4-6-14;1-3-4-5-13(16)14-12-10-15(2)8-6-11(12)7-9-15;1-3-4-12(15)13-11-9-14(2)7-5-10(11)6-8-14;1-3-4-5-13-9-6-12(2,7-10-13)8-11-13;1-11-4-2-8(3-5-11)9(12,6-10)7-11;1-10-9-3-6-11(2,7-4-9)8-5-9;1-9-5-2-8(3-6-9)4-7-9;;/h2*2-6,12,14H,7-11H2,1H3;2-6H,7-13H2,1H3;11-12H,3-10H2,1-2H3;10-11H,3-9H2,1-2H3;3-11H2,1-2H3;8,12H,2-5,7H2,1H3;3-8H2,2H3;2-7H2,1H3;2*1H/q;+1;+2;;;+2;3*+1;;/p+1. The molecule has 23 nitrogen and oxygen atoms in total. The Hall–Kier alpha value is -5.04. The smallest absolute Gasteiger partial charge is 0.338 e. The third-order valence-corrected chi connectivity index (χ3v) is 36.6. The van der Waals surface area contributed by atoms with Crippen molar-refractivity contribution in [1.29, 1.82) is 5.26 Å². The zero-order chi connectivity index (χ0) is 91.2. The molecule has 0 aliphatic carbocycles. The number of ether oxygens (including phenoxy) is 1. The minimum atomic E-state index is -1.02. The van der Waals surface area contributed by atoms with Gasteiger partial charge in [-0.2, -0.15) is 5.26 Å². The Morgan fingerprint density at radius 2 is 0.800 bits per heavy atom. The number of quaternary nitrogens is 11. The van der Waals surface area contributed by atoms with Gasteiger partial charge in [0.15, 0.2) is 6.10 Å². The summed E-state index contributed by atoms with van der Waals surface area (Å²) in [6, 6.07) is 33.2. The lowest BCUT2D eigenvalue weighted by Crippen LogP contribution is -3.00. The lowest BCUT2D eigenvalue weighted by atomic mass is 9.75. The van der Waals surface area contributed by atoms with Crippen LogP contribution in [0.5, 0.6) is 0 Å². The Morgan fingerprint density at radius 1 is 0.431 bits per heavy atom. The molecule has 3 aromatic rings. The highest BCUT2D eigenvalue weighted by Crippen LogP contribution is 2.42. The maximum Gasteiger partial charge on any atom is 0.338 e. The Kier molecular flexibility index (Phi) is 36.9. The first-order valence-corrected chi connectivity index (χ1v) is 51.7. The topological polar surface area (TPSA) is 165 Å². The van der Waals surface area contributed by atoms with Crippen LogP contribution in [0.3, 0.4) is 0 Å². The maximum absolute atomic E-state index is 12.2. The normalized spacial score (nSPS) is 40.0. The third kappa shape index (κ3) is 28.1. The van der Waals surface area contributed by atoms with Gasteiger partial charge < -0.3 is 114 Å². The van der Waals surface area contributed by atoms with Gasteiger partial charge >= 0.3 is 5.97 Å². The average molecular weight is 1940 g/mol. The number of hydrogen-bond acceptors (Lipinski definition) is 8. The second kappa shape index (κ2) is 45.5. The third-order valence-electron chi connectivity index (χ3n) is 36.6.